The van der Waals surface area contributed by atoms with Gasteiger partial charge in [-0.2, -0.15) is 0 Å². The molecule has 0 fully saturated rings. The average Bonchev–Trinajstić information content (AvgIpc) is 2.73. The highest BCUT2D eigenvalue weighted by Crippen LogP contribution is 2.25. The number of nitrogens with zero attached hydrogens (tertiary/aromatic N) is 1. The lowest BCUT2D eigenvalue weighted by Crippen LogP contribution is -2.53. The molecular weight excluding hydrogens is 468 g/mol. The normalized spacial score (nSPS) is 12.6. The minimum Gasteiger partial charge on any atom is -0.466 e. The summed E-state index contributed by atoms with van der Waals surface area (Å²) in [6.45, 7) is 10.5. The van der Waals surface area contributed by atoms with Gasteiger partial charge in [-0.15, -0.1) is 0 Å². The van der Waals surface area contributed by atoms with Gasteiger partial charge < -0.3 is 30.7 Å². The third kappa shape index (κ3) is 9.93. The number of rotatable bonds is 11. The number of esters is 1. The molecule has 0 aliphatic heterocycles. The third-order valence-corrected chi connectivity index (χ3v) is 5.04. The Labute approximate surface area is 212 Å². The van der Waals surface area contributed by atoms with Crippen molar-refractivity contribution in [3.05, 3.63) is 34.9 Å². The Morgan fingerprint density at radius 1 is 1.11 bits per heavy atom. The first kappa shape index (κ1) is 30.4. The SMILES string of the molecule is CCOC(=O)CCNC(=O)C(c1cc(C)ccc1C)N(C)C(=O)C(CC(N)=O)NC(=O)OC(C)(C)C. The summed E-state index contributed by atoms with van der Waals surface area (Å²) >= 11 is 0. The number of likely N-dealkylation sites (N-methyl/N-ethyl adjacent to an activating group) is 1. The van der Waals surface area contributed by atoms with E-state index in [4.69, 9.17) is 15.2 Å². The largest absolute Gasteiger partial charge is 0.466 e. The number of carbonyl (C=O) groups is 5. The minimum atomic E-state index is -1.36. The molecule has 200 valence electrons. The van der Waals surface area contributed by atoms with Crippen LogP contribution in [0.15, 0.2) is 18.2 Å². The van der Waals surface area contributed by atoms with Crippen molar-refractivity contribution in [1.29, 1.82) is 0 Å². The fourth-order valence-corrected chi connectivity index (χ4v) is 3.42. The van der Waals surface area contributed by atoms with Crippen molar-refractivity contribution in [3.8, 4) is 0 Å². The molecule has 4 N–H and O–H groups in total. The van der Waals surface area contributed by atoms with E-state index in [0.29, 0.717) is 5.56 Å². The molecule has 1 aromatic carbocycles. The molecule has 0 spiro atoms. The van der Waals surface area contributed by atoms with Crippen molar-refractivity contribution in [2.24, 2.45) is 5.73 Å². The van der Waals surface area contributed by atoms with Gasteiger partial charge >= 0.3 is 12.1 Å². The molecule has 2 unspecified atom stereocenters. The number of alkyl carbamates (subject to hydrolysis) is 1. The fourth-order valence-electron chi connectivity index (χ4n) is 3.42. The van der Waals surface area contributed by atoms with Crippen LogP contribution < -0.4 is 16.4 Å². The third-order valence-electron chi connectivity index (χ3n) is 5.04. The number of carbonyl (C=O) groups excluding carboxylic acids is 5. The second-order valence-electron chi connectivity index (χ2n) is 9.43. The molecule has 2 atom stereocenters. The summed E-state index contributed by atoms with van der Waals surface area (Å²) < 4.78 is 10.1. The molecule has 36 heavy (non-hydrogen) atoms. The van der Waals surface area contributed by atoms with Crippen LogP contribution in [0.5, 0.6) is 0 Å². The monoisotopic (exact) mass is 506 g/mol. The summed E-state index contributed by atoms with van der Waals surface area (Å²) in [5, 5.41) is 5.05. The Balaban J connectivity index is 3.27. The van der Waals surface area contributed by atoms with Gasteiger partial charge in [0.2, 0.25) is 17.7 Å². The van der Waals surface area contributed by atoms with E-state index >= 15 is 0 Å². The standard InChI is InChI=1S/C25H38N4O7/c1-8-35-20(31)11-12-27-22(32)21(17-13-15(2)9-10-16(17)3)29(7)23(33)18(14-19(26)30)28-24(34)36-25(4,5)6/h9-10,13,18,21H,8,11-12,14H2,1-7H3,(H2,26,30)(H,27,32)(H,28,34). The highest BCUT2D eigenvalue weighted by molar-refractivity contribution is 5.94. The van der Waals surface area contributed by atoms with Crippen LogP contribution in [-0.4, -0.2) is 66.5 Å². The summed E-state index contributed by atoms with van der Waals surface area (Å²) in [6, 6.07) is 3.00. The van der Waals surface area contributed by atoms with Gasteiger partial charge in [-0.1, -0.05) is 23.8 Å². The van der Waals surface area contributed by atoms with Crippen LogP contribution in [0.3, 0.4) is 0 Å². The molecule has 0 bridgehead atoms. The van der Waals surface area contributed by atoms with E-state index in [1.807, 2.05) is 19.1 Å². The number of amides is 4. The number of nitrogens with one attached hydrogen (secondary N) is 2. The molecule has 0 radical (unpaired) electrons. The lowest BCUT2D eigenvalue weighted by atomic mass is 9.96. The molecule has 0 saturated carbocycles. The van der Waals surface area contributed by atoms with Gasteiger partial charge in [-0.3, -0.25) is 19.2 Å². The van der Waals surface area contributed by atoms with E-state index < -0.39 is 53.9 Å². The van der Waals surface area contributed by atoms with Crippen molar-refractivity contribution >= 4 is 29.8 Å². The molecule has 0 heterocycles. The molecule has 11 nitrogen and oxygen atoms in total. The smallest absolute Gasteiger partial charge is 0.408 e. The minimum absolute atomic E-state index is 0.00192. The number of nitrogens with two attached hydrogens (primary N) is 1. The maximum absolute atomic E-state index is 13.5. The maximum Gasteiger partial charge on any atom is 0.408 e. The van der Waals surface area contributed by atoms with Gasteiger partial charge in [0.25, 0.3) is 0 Å². The van der Waals surface area contributed by atoms with Crippen LogP contribution >= 0.6 is 0 Å². The van der Waals surface area contributed by atoms with Gasteiger partial charge in [-0.05, 0) is 52.7 Å². The zero-order valence-corrected chi connectivity index (χ0v) is 22.1. The summed E-state index contributed by atoms with van der Waals surface area (Å²) in [6.07, 6.45) is -1.44. The van der Waals surface area contributed by atoms with E-state index in [0.717, 1.165) is 16.0 Å². The van der Waals surface area contributed by atoms with Gasteiger partial charge in [0.05, 0.1) is 19.4 Å². The van der Waals surface area contributed by atoms with E-state index in [1.54, 1.807) is 40.7 Å². The van der Waals surface area contributed by atoms with Crippen molar-refractivity contribution in [3.63, 3.8) is 0 Å². The topological polar surface area (TPSA) is 157 Å². The number of hydrogen-bond donors (Lipinski definition) is 3. The summed E-state index contributed by atoms with van der Waals surface area (Å²) in [4.78, 5) is 63.6. The number of primary amides is 1. The second-order valence-corrected chi connectivity index (χ2v) is 9.43. The second kappa shape index (κ2) is 13.5. The molecule has 0 aliphatic carbocycles. The molecule has 1 aromatic rings. The Morgan fingerprint density at radius 2 is 1.75 bits per heavy atom. The molecule has 0 aromatic heterocycles. The Kier molecular flexibility index (Phi) is 11.4. The molecule has 0 aliphatic rings. The number of ether oxygens (including phenoxy) is 2. The highest BCUT2D eigenvalue weighted by Gasteiger charge is 2.35. The zero-order valence-electron chi connectivity index (χ0n) is 22.1. The van der Waals surface area contributed by atoms with E-state index in [1.165, 1.54) is 7.05 Å². The molecule has 0 saturated heterocycles. The summed E-state index contributed by atoms with van der Waals surface area (Å²) in [5.74, 6) is -2.54. The lowest BCUT2D eigenvalue weighted by Gasteiger charge is -2.32. The zero-order chi connectivity index (χ0) is 27.6. The predicted molar refractivity (Wildman–Crippen MR) is 133 cm³/mol. The van der Waals surface area contributed by atoms with Gasteiger partial charge in [0.1, 0.15) is 17.7 Å². The Hall–Kier alpha value is -3.63. The van der Waals surface area contributed by atoms with Gasteiger partial charge in [-0.25, -0.2) is 4.79 Å². The van der Waals surface area contributed by atoms with Crippen LogP contribution in [0.4, 0.5) is 4.79 Å². The first-order valence-corrected chi connectivity index (χ1v) is 11.7. The number of aryl methyl sites for hydroxylation is 2. The van der Waals surface area contributed by atoms with E-state index in [-0.39, 0.29) is 19.6 Å². The Bertz CT molecular complexity index is 972. The van der Waals surface area contributed by atoms with Crippen molar-refractivity contribution in [1.82, 2.24) is 15.5 Å². The van der Waals surface area contributed by atoms with Crippen molar-refractivity contribution in [2.45, 2.75) is 72.1 Å². The lowest BCUT2D eigenvalue weighted by molar-refractivity contribution is -0.144. The summed E-state index contributed by atoms with van der Waals surface area (Å²) in [7, 11) is 1.39. The predicted octanol–water partition coefficient (Wildman–Crippen LogP) is 1.64. The van der Waals surface area contributed by atoms with Crippen LogP contribution in [0, 0.1) is 13.8 Å². The molecule has 4 amide bonds. The van der Waals surface area contributed by atoms with Crippen molar-refractivity contribution < 1.29 is 33.4 Å². The number of benzene rings is 1. The van der Waals surface area contributed by atoms with E-state index in [9.17, 15) is 24.0 Å². The first-order chi connectivity index (χ1) is 16.7. The quantitative estimate of drug-likeness (QED) is 0.385. The van der Waals surface area contributed by atoms with Crippen LogP contribution in [-0.2, 0) is 28.7 Å². The van der Waals surface area contributed by atoms with Gasteiger partial charge in [0.15, 0.2) is 0 Å². The van der Waals surface area contributed by atoms with Crippen LogP contribution in [0.25, 0.3) is 0 Å². The number of hydrogen-bond acceptors (Lipinski definition) is 7. The van der Waals surface area contributed by atoms with Crippen LogP contribution in [0.2, 0.25) is 0 Å². The van der Waals surface area contributed by atoms with Crippen molar-refractivity contribution in [2.75, 3.05) is 20.2 Å². The highest BCUT2D eigenvalue weighted by atomic mass is 16.6. The summed E-state index contributed by atoms with van der Waals surface area (Å²) in [5.41, 5.74) is 6.64. The van der Waals surface area contributed by atoms with Crippen LogP contribution in [0.1, 0.15) is 63.3 Å². The maximum atomic E-state index is 13.5. The Morgan fingerprint density at radius 3 is 2.31 bits per heavy atom. The van der Waals surface area contributed by atoms with E-state index in [2.05, 4.69) is 10.6 Å². The molecule has 11 heteroatoms. The first-order valence-electron chi connectivity index (χ1n) is 11.7. The molecular formula is C25H38N4O7. The average molecular weight is 507 g/mol. The fraction of sp³-hybridized carbons (Fsp3) is 0.560. The van der Waals surface area contributed by atoms with Gasteiger partial charge in [0, 0.05) is 13.6 Å². The molecule has 1 rings (SSSR count).